The average molecular weight is 386 g/mol. The number of nitrogens with one attached hydrogen (secondary N) is 1. The van der Waals surface area contributed by atoms with E-state index in [1.807, 2.05) is 6.07 Å². The Labute approximate surface area is 161 Å². The van der Waals surface area contributed by atoms with Crippen molar-refractivity contribution in [1.82, 2.24) is 4.90 Å². The summed E-state index contributed by atoms with van der Waals surface area (Å²) in [4.78, 5) is 26.3. The second-order valence-corrected chi connectivity index (χ2v) is 6.82. The Kier molecular flexibility index (Phi) is 5.72. The van der Waals surface area contributed by atoms with Gasteiger partial charge in [0.25, 0.3) is 0 Å². The van der Waals surface area contributed by atoms with Crippen LogP contribution in [0.25, 0.3) is 0 Å². The van der Waals surface area contributed by atoms with E-state index in [2.05, 4.69) is 5.32 Å². The van der Waals surface area contributed by atoms with Gasteiger partial charge in [0.15, 0.2) is 0 Å². The van der Waals surface area contributed by atoms with Crippen molar-refractivity contribution in [3.05, 3.63) is 64.4 Å². The first-order chi connectivity index (χ1) is 13.0. The Morgan fingerprint density at radius 1 is 1.30 bits per heavy atom. The van der Waals surface area contributed by atoms with Gasteiger partial charge in [-0.15, -0.1) is 0 Å². The molecule has 2 aromatic rings. The Bertz CT molecular complexity index is 908. The fourth-order valence-electron chi connectivity index (χ4n) is 3.01. The van der Waals surface area contributed by atoms with Crippen LogP contribution < -0.4 is 5.32 Å². The second-order valence-electron chi connectivity index (χ2n) is 6.41. The van der Waals surface area contributed by atoms with Crippen LogP contribution in [0.3, 0.4) is 0 Å². The molecule has 1 aliphatic heterocycles. The maximum Gasteiger partial charge on any atom is 0.229 e. The lowest BCUT2D eigenvalue weighted by atomic mass is 10.1. The van der Waals surface area contributed by atoms with Gasteiger partial charge in [-0.2, -0.15) is 5.26 Å². The summed E-state index contributed by atoms with van der Waals surface area (Å²) in [6, 6.07) is 12.8. The molecule has 0 aliphatic carbocycles. The third kappa shape index (κ3) is 4.63. The predicted molar refractivity (Wildman–Crippen MR) is 99.6 cm³/mol. The molecule has 5 nitrogen and oxygen atoms in total. The van der Waals surface area contributed by atoms with Crippen LogP contribution in [0.4, 0.5) is 10.1 Å². The maximum absolute atomic E-state index is 12.9. The van der Waals surface area contributed by atoms with Gasteiger partial charge in [0.1, 0.15) is 11.9 Å². The number of nitrogens with zero attached hydrogens (tertiary/aromatic N) is 2. The highest BCUT2D eigenvalue weighted by Gasteiger charge is 2.34. The number of hydrogen-bond donors (Lipinski definition) is 1. The van der Waals surface area contributed by atoms with Gasteiger partial charge in [0.05, 0.1) is 16.5 Å². The summed E-state index contributed by atoms with van der Waals surface area (Å²) in [5, 5.41) is 11.9. The SMILES string of the molecule is N#Cc1ccc(NC(=O)[C@H]2CC(=O)N(CCc3ccc(F)cc3)C2)cc1Cl. The van der Waals surface area contributed by atoms with Crippen molar-refractivity contribution in [3.8, 4) is 6.07 Å². The van der Waals surface area contributed by atoms with E-state index in [9.17, 15) is 14.0 Å². The third-order valence-corrected chi connectivity index (χ3v) is 4.84. The lowest BCUT2D eigenvalue weighted by Gasteiger charge is -2.16. The zero-order valence-corrected chi connectivity index (χ0v) is 15.2. The van der Waals surface area contributed by atoms with Gasteiger partial charge < -0.3 is 10.2 Å². The van der Waals surface area contributed by atoms with Crippen molar-refractivity contribution in [2.24, 2.45) is 5.92 Å². The van der Waals surface area contributed by atoms with Crippen molar-refractivity contribution in [2.45, 2.75) is 12.8 Å². The van der Waals surface area contributed by atoms with E-state index in [1.54, 1.807) is 23.1 Å². The van der Waals surface area contributed by atoms with Crippen LogP contribution in [0.2, 0.25) is 5.02 Å². The summed E-state index contributed by atoms with van der Waals surface area (Å²) >= 11 is 5.97. The molecule has 3 rings (SSSR count). The number of carbonyl (C=O) groups is 2. The standard InChI is InChI=1S/C20H17ClFN3O2/c21-18-10-17(6-3-14(18)11-23)24-20(27)15-9-19(26)25(12-15)8-7-13-1-4-16(22)5-2-13/h1-6,10,15H,7-9,12H2,(H,24,27)/t15-/m0/s1. The van der Waals surface area contributed by atoms with Gasteiger partial charge in [-0.3, -0.25) is 9.59 Å². The van der Waals surface area contributed by atoms with E-state index in [1.165, 1.54) is 24.3 Å². The number of benzene rings is 2. The molecule has 2 amide bonds. The van der Waals surface area contributed by atoms with E-state index >= 15 is 0 Å². The number of nitriles is 1. The lowest BCUT2D eigenvalue weighted by molar-refractivity contribution is -0.128. The molecule has 1 fully saturated rings. The molecule has 0 aromatic heterocycles. The quantitative estimate of drug-likeness (QED) is 0.857. The van der Waals surface area contributed by atoms with Crippen molar-refractivity contribution in [3.63, 3.8) is 0 Å². The molecule has 0 bridgehead atoms. The van der Waals surface area contributed by atoms with Gasteiger partial charge in [0.2, 0.25) is 11.8 Å². The molecule has 27 heavy (non-hydrogen) atoms. The zero-order valence-electron chi connectivity index (χ0n) is 14.4. The Balaban J connectivity index is 1.56. The number of halogens is 2. The molecule has 1 aliphatic rings. The van der Waals surface area contributed by atoms with E-state index in [4.69, 9.17) is 16.9 Å². The topological polar surface area (TPSA) is 73.2 Å². The van der Waals surface area contributed by atoms with Crippen LogP contribution in [0.5, 0.6) is 0 Å². The highest BCUT2D eigenvalue weighted by Crippen LogP contribution is 2.23. The fourth-order valence-corrected chi connectivity index (χ4v) is 3.23. The van der Waals surface area contributed by atoms with Gasteiger partial charge in [-0.1, -0.05) is 23.7 Å². The molecule has 7 heteroatoms. The van der Waals surface area contributed by atoms with E-state index in [-0.39, 0.29) is 29.1 Å². The Hall–Kier alpha value is -2.91. The van der Waals surface area contributed by atoms with Gasteiger partial charge in [-0.05, 0) is 42.3 Å². The number of amides is 2. The monoisotopic (exact) mass is 385 g/mol. The molecule has 2 aromatic carbocycles. The summed E-state index contributed by atoms with van der Waals surface area (Å²) < 4.78 is 12.9. The number of hydrogen-bond acceptors (Lipinski definition) is 3. The average Bonchev–Trinajstić information content (AvgIpc) is 3.02. The minimum Gasteiger partial charge on any atom is -0.342 e. The first-order valence-corrected chi connectivity index (χ1v) is 8.87. The largest absolute Gasteiger partial charge is 0.342 e. The molecule has 0 spiro atoms. The molecular weight excluding hydrogens is 369 g/mol. The molecular formula is C20H17ClFN3O2. The summed E-state index contributed by atoms with van der Waals surface area (Å²) in [7, 11) is 0. The third-order valence-electron chi connectivity index (χ3n) is 4.53. The van der Waals surface area contributed by atoms with Crippen molar-refractivity contribution in [1.29, 1.82) is 5.26 Å². The van der Waals surface area contributed by atoms with Crippen molar-refractivity contribution >= 4 is 29.1 Å². The van der Waals surface area contributed by atoms with Gasteiger partial charge >= 0.3 is 0 Å². The van der Waals surface area contributed by atoms with Gasteiger partial charge in [-0.25, -0.2) is 4.39 Å². The molecule has 1 atom stereocenters. The van der Waals surface area contributed by atoms with Crippen LogP contribution in [-0.2, 0) is 16.0 Å². The molecule has 0 saturated carbocycles. The smallest absolute Gasteiger partial charge is 0.229 e. The summed E-state index contributed by atoms with van der Waals surface area (Å²) in [6.45, 7) is 0.826. The van der Waals surface area contributed by atoms with E-state index in [0.29, 0.717) is 30.8 Å². The highest BCUT2D eigenvalue weighted by atomic mass is 35.5. The Morgan fingerprint density at radius 2 is 2.04 bits per heavy atom. The zero-order chi connectivity index (χ0) is 19.4. The van der Waals surface area contributed by atoms with Crippen LogP contribution in [0.1, 0.15) is 17.5 Å². The van der Waals surface area contributed by atoms with Crippen molar-refractivity contribution < 1.29 is 14.0 Å². The molecule has 138 valence electrons. The minimum atomic E-state index is -0.444. The molecule has 1 heterocycles. The molecule has 1 N–H and O–H groups in total. The molecule has 0 unspecified atom stereocenters. The summed E-state index contributed by atoms with van der Waals surface area (Å²) in [5.74, 6) is -1.07. The van der Waals surface area contributed by atoms with E-state index in [0.717, 1.165) is 5.56 Å². The summed E-state index contributed by atoms with van der Waals surface area (Å²) in [5.41, 5.74) is 1.75. The van der Waals surface area contributed by atoms with E-state index < -0.39 is 5.92 Å². The van der Waals surface area contributed by atoms with Gasteiger partial charge in [0, 0.05) is 25.2 Å². The van der Waals surface area contributed by atoms with Crippen LogP contribution in [-0.4, -0.2) is 29.8 Å². The molecule has 1 saturated heterocycles. The first-order valence-electron chi connectivity index (χ1n) is 8.49. The second kappa shape index (κ2) is 8.19. The maximum atomic E-state index is 12.9. The lowest BCUT2D eigenvalue weighted by Crippen LogP contribution is -2.30. The number of likely N-dealkylation sites (tertiary alicyclic amines) is 1. The minimum absolute atomic E-state index is 0.0740. The number of anilines is 1. The fraction of sp³-hybridized carbons (Fsp3) is 0.250. The first kappa shape index (κ1) is 18.9. The predicted octanol–water partition coefficient (Wildman–Crippen LogP) is 3.38. The number of rotatable bonds is 5. The summed E-state index contributed by atoms with van der Waals surface area (Å²) in [6.07, 6.45) is 0.755. The van der Waals surface area contributed by atoms with Crippen LogP contribution >= 0.6 is 11.6 Å². The highest BCUT2D eigenvalue weighted by molar-refractivity contribution is 6.32. The van der Waals surface area contributed by atoms with Crippen LogP contribution in [0.15, 0.2) is 42.5 Å². The molecule has 0 radical (unpaired) electrons. The number of carbonyl (C=O) groups excluding carboxylic acids is 2. The normalized spacial score (nSPS) is 16.3. The van der Waals surface area contributed by atoms with Crippen molar-refractivity contribution in [2.75, 3.05) is 18.4 Å². The van der Waals surface area contributed by atoms with Crippen LogP contribution in [0, 0.1) is 23.1 Å². The Morgan fingerprint density at radius 3 is 2.70 bits per heavy atom.